The molecule has 0 unspecified atom stereocenters. The number of nitrogens with one attached hydrogen (secondary N) is 2. The topological polar surface area (TPSA) is 105 Å². The zero-order valence-electron chi connectivity index (χ0n) is 18.2. The van der Waals surface area contributed by atoms with E-state index in [9.17, 15) is 14.3 Å². The Bertz CT molecular complexity index is 1200. The summed E-state index contributed by atoms with van der Waals surface area (Å²) >= 11 is 0. The Morgan fingerprint density at radius 2 is 2.15 bits per heavy atom. The van der Waals surface area contributed by atoms with E-state index in [4.69, 9.17) is 4.74 Å². The average molecular weight is 455 g/mol. The first-order valence-electron chi connectivity index (χ1n) is 11.2. The van der Waals surface area contributed by atoms with Gasteiger partial charge in [-0.05, 0) is 18.2 Å². The Morgan fingerprint density at radius 1 is 1.24 bits per heavy atom. The van der Waals surface area contributed by atoms with Gasteiger partial charge in [-0.15, -0.1) is 0 Å². The van der Waals surface area contributed by atoms with Gasteiger partial charge in [0.05, 0.1) is 35.6 Å². The number of ether oxygens (including phenoxy) is 1. The van der Waals surface area contributed by atoms with Crippen LogP contribution in [0.1, 0.15) is 5.69 Å². The number of hydrogen-bond acceptors (Lipinski definition) is 8. The van der Waals surface area contributed by atoms with Crippen molar-refractivity contribution in [2.75, 3.05) is 44.6 Å². The zero-order chi connectivity index (χ0) is 22.8. The largest absolute Gasteiger partial charge is 0.488 e. The number of anilines is 1. The van der Waals surface area contributed by atoms with Crippen LogP contribution in [0, 0.1) is 11.7 Å². The van der Waals surface area contributed by atoms with Crippen LogP contribution < -0.4 is 20.9 Å². The molecule has 0 bridgehead atoms. The molecule has 10 heteroatoms. The number of aliphatic hydroxyl groups excluding tert-OH is 1. The molecule has 1 saturated heterocycles. The molecule has 9 nitrogen and oxygen atoms in total. The number of likely N-dealkylation sites (tertiary alicyclic amines) is 1. The fourth-order valence-electron chi connectivity index (χ4n) is 4.48. The normalized spacial score (nSPS) is 20.4. The minimum Gasteiger partial charge on any atom is -0.488 e. The van der Waals surface area contributed by atoms with Crippen molar-refractivity contribution in [3.05, 3.63) is 58.4 Å². The minimum absolute atomic E-state index is 0.0763. The molecule has 1 fully saturated rings. The van der Waals surface area contributed by atoms with Crippen molar-refractivity contribution in [2.45, 2.75) is 19.2 Å². The molecular formula is C23H27FN6O3. The smallest absolute Gasteiger partial charge is 0.251 e. The van der Waals surface area contributed by atoms with Crippen molar-refractivity contribution < 1.29 is 14.2 Å². The van der Waals surface area contributed by atoms with E-state index in [0.29, 0.717) is 56.9 Å². The van der Waals surface area contributed by atoms with Crippen LogP contribution >= 0.6 is 0 Å². The van der Waals surface area contributed by atoms with Gasteiger partial charge in [-0.25, -0.2) is 9.37 Å². The first kappa shape index (κ1) is 21.7. The van der Waals surface area contributed by atoms with Crippen molar-refractivity contribution in [1.29, 1.82) is 0 Å². The van der Waals surface area contributed by atoms with Crippen molar-refractivity contribution in [1.82, 2.24) is 24.8 Å². The highest BCUT2D eigenvalue weighted by Crippen LogP contribution is 2.25. The van der Waals surface area contributed by atoms with Gasteiger partial charge in [-0.1, -0.05) is 0 Å². The molecule has 174 valence electrons. The van der Waals surface area contributed by atoms with E-state index in [1.54, 1.807) is 10.6 Å². The molecular weight excluding hydrogens is 427 g/mol. The van der Waals surface area contributed by atoms with Gasteiger partial charge in [0.2, 0.25) is 0 Å². The Balaban J connectivity index is 1.15. The summed E-state index contributed by atoms with van der Waals surface area (Å²) in [5.74, 6) is 1.15. The number of aliphatic hydroxyl groups is 1. The highest BCUT2D eigenvalue weighted by atomic mass is 19.1. The fourth-order valence-corrected chi connectivity index (χ4v) is 4.48. The third kappa shape index (κ3) is 4.82. The van der Waals surface area contributed by atoms with E-state index in [2.05, 4.69) is 25.5 Å². The Hall–Kier alpha value is -3.08. The number of fused-ring (bicyclic) bond motifs is 2. The molecule has 2 aliphatic heterocycles. The second kappa shape index (κ2) is 9.42. The lowest BCUT2D eigenvalue weighted by molar-refractivity contribution is 0.140. The van der Waals surface area contributed by atoms with Crippen LogP contribution in [0.3, 0.4) is 0 Å². The molecule has 2 atom stereocenters. The van der Waals surface area contributed by atoms with Gasteiger partial charge >= 0.3 is 0 Å². The molecule has 0 saturated carbocycles. The zero-order valence-corrected chi connectivity index (χ0v) is 18.2. The molecule has 33 heavy (non-hydrogen) atoms. The monoisotopic (exact) mass is 454 g/mol. The SMILES string of the molecule is O=c1ccc2ncc(F)cc2n1CCN1C[C@H](CNCc2ccc3c(n2)NCCO3)[C@H](O)C1. The molecule has 3 N–H and O–H groups in total. The highest BCUT2D eigenvalue weighted by molar-refractivity contribution is 5.74. The number of nitrogens with zero attached hydrogens (tertiary/aromatic N) is 4. The lowest BCUT2D eigenvalue weighted by Gasteiger charge is -2.19. The molecule has 0 aromatic carbocycles. The number of β-amino-alcohol motifs (C(OH)–C–C–N with tert-alkyl or cyclic N) is 1. The second-order valence-corrected chi connectivity index (χ2v) is 8.52. The van der Waals surface area contributed by atoms with E-state index in [0.717, 1.165) is 30.0 Å². The van der Waals surface area contributed by atoms with Gasteiger partial charge in [0.15, 0.2) is 11.6 Å². The third-order valence-corrected chi connectivity index (χ3v) is 6.21. The molecule has 5 rings (SSSR count). The molecule has 0 aliphatic carbocycles. The summed E-state index contributed by atoms with van der Waals surface area (Å²) in [7, 11) is 0. The third-order valence-electron chi connectivity index (χ3n) is 6.21. The molecule has 3 aromatic rings. The van der Waals surface area contributed by atoms with Crippen LogP contribution in [0.5, 0.6) is 5.75 Å². The molecule has 5 heterocycles. The van der Waals surface area contributed by atoms with Gasteiger partial charge in [0.1, 0.15) is 12.4 Å². The van der Waals surface area contributed by atoms with E-state index in [1.165, 1.54) is 12.1 Å². The van der Waals surface area contributed by atoms with Crippen LogP contribution in [0.25, 0.3) is 11.0 Å². The molecule has 2 aliphatic rings. The van der Waals surface area contributed by atoms with Crippen molar-refractivity contribution in [2.24, 2.45) is 5.92 Å². The number of aromatic nitrogens is 3. The number of pyridine rings is 3. The first-order chi connectivity index (χ1) is 16.1. The Kier molecular flexibility index (Phi) is 6.21. The lowest BCUT2D eigenvalue weighted by atomic mass is 10.1. The van der Waals surface area contributed by atoms with Crippen LogP contribution in [-0.2, 0) is 13.1 Å². The molecule has 0 amide bonds. The molecule has 0 radical (unpaired) electrons. The number of rotatable bonds is 7. The fraction of sp³-hybridized carbons (Fsp3) is 0.435. The number of hydrogen-bond donors (Lipinski definition) is 3. The van der Waals surface area contributed by atoms with E-state index >= 15 is 0 Å². The van der Waals surface area contributed by atoms with Crippen molar-refractivity contribution in [3.63, 3.8) is 0 Å². The maximum absolute atomic E-state index is 13.7. The predicted molar refractivity (Wildman–Crippen MR) is 122 cm³/mol. The van der Waals surface area contributed by atoms with E-state index in [-0.39, 0.29) is 11.5 Å². The van der Waals surface area contributed by atoms with Crippen LogP contribution in [0.2, 0.25) is 0 Å². The molecule has 3 aromatic heterocycles. The van der Waals surface area contributed by atoms with Gasteiger partial charge in [-0.2, -0.15) is 0 Å². The average Bonchev–Trinajstić information content (AvgIpc) is 3.17. The second-order valence-electron chi connectivity index (χ2n) is 8.52. The van der Waals surface area contributed by atoms with Crippen LogP contribution in [0.15, 0.2) is 41.3 Å². The summed E-state index contributed by atoms with van der Waals surface area (Å²) in [4.78, 5) is 23.1. The lowest BCUT2D eigenvalue weighted by Crippen LogP contribution is -2.31. The maximum atomic E-state index is 13.7. The van der Waals surface area contributed by atoms with E-state index in [1.807, 2.05) is 12.1 Å². The van der Waals surface area contributed by atoms with Gasteiger partial charge in [0.25, 0.3) is 5.56 Å². The van der Waals surface area contributed by atoms with Crippen molar-refractivity contribution in [3.8, 4) is 5.75 Å². The summed E-state index contributed by atoms with van der Waals surface area (Å²) < 4.78 is 20.8. The van der Waals surface area contributed by atoms with Gasteiger partial charge in [0, 0.05) is 57.3 Å². The number of halogens is 1. The summed E-state index contributed by atoms with van der Waals surface area (Å²) in [6.45, 7) is 4.89. The first-order valence-corrected chi connectivity index (χ1v) is 11.2. The highest BCUT2D eigenvalue weighted by Gasteiger charge is 2.30. The van der Waals surface area contributed by atoms with Gasteiger partial charge < -0.3 is 25.0 Å². The van der Waals surface area contributed by atoms with Crippen LogP contribution in [-0.4, -0.2) is 70.0 Å². The van der Waals surface area contributed by atoms with Crippen molar-refractivity contribution >= 4 is 16.9 Å². The summed E-state index contributed by atoms with van der Waals surface area (Å²) in [5, 5.41) is 17.1. The predicted octanol–water partition coefficient (Wildman–Crippen LogP) is 0.817. The summed E-state index contributed by atoms with van der Waals surface area (Å²) in [5.41, 5.74) is 1.78. The standard InChI is InChI=1S/C23H27FN6O3/c24-16-9-19-18(27-11-16)2-4-22(32)30(19)7-6-29-13-15(20(31)14-29)10-25-12-17-1-3-21-23(28-17)26-5-8-33-21/h1-4,9,11,15,20,25,31H,5-8,10,12-14H2,(H,26,28)/t15-,20+/m0/s1. The summed E-state index contributed by atoms with van der Waals surface area (Å²) in [6.07, 6.45) is 0.697. The van der Waals surface area contributed by atoms with Gasteiger partial charge in [-0.3, -0.25) is 14.7 Å². The Labute approximate surface area is 190 Å². The summed E-state index contributed by atoms with van der Waals surface area (Å²) in [6, 6.07) is 8.26. The van der Waals surface area contributed by atoms with Crippen LogP contribution in [0.4, 0.5) is 10.2 Å². The minimum atomic E-state index is -0.471. The Morgan fingerprint density at radius 3 is 3.06 bits per heavy atom. The van der Waals surface area contributed by atoms with E-state index < -0.39 is 11.9 Å². The maximum Gasteiger partial charge on any atom is 0.251 e. The quantitative estimate of drug-likeness (QED) is 0.482. The molecule has 0 spiro atoms.